The third kappa shape index (κ3) is 3.98. The lowest BCUT2D eigenvalue weighted by molar-refractivity contribution is -0.119. The van der Waals surface area contributed by atoms with Crippen molar-refractivity contribution in [2.24, 2.45) is 10.4 Å². The van der Waals surface area contributed by atoms with Crippen LogP contribution in [0.15, 0.2) is 63.6 Å². The molecule has 2 aromatic heterocycles. The molecular formula is C25H24N4O3. The summed E-state index contributed by atoms with van der Waals surface area (Å²) in [7, 11) is 0. The molecule has 1 aliphatic carbocycles. The Morgan fingerprint density at radius 2 is 1.91 bits per heavy atom. The molecule has 0 saturated carbocycles. The number of likely N-dealkylation sites (tertiary alicyclic amines) is 1. The van der Waals surface area contributed by atoms with Gasteiger partial charge in [-0.05, 0) is 61.1 Å². The lowest BCUT2D eigenvalue weighted by Gasteiger charge is -2.27. The number of carbonyl (C=O) groups is 1. The van der Waals surface area contributed by atoms with E-state index in [1.807, 2.05) is 41.6 Å². The van der Waals surface area contributed by atoms with Crippen LogP contribution < -0.4 is 0 Å². The third-order valence-corrected chi connectivity index (χ3v) is 6.52. The molecule has 0 atom stereocenters. The molecule has 32 heavy (non-hydrogen) atoms. The fraction of sp³-hybridized carbons (Fsp3) is 0.320. The number of piperidine rings is 1. The van der Waals surface area contributed by atoms with Gasteiger partial charge in [0.15, 0.2) is 0 Å². The van der Waals surface area contributed by atoms with Gasteiger partial charge in [0.2, 0.25) is 6.41 Å². The Bertz CT molecular complexity index is 1160. The van der Waals surface area contributed by atoms with Gasteiger partial charge >= 0.3 is 0 Å². The van der Waals surface area contributed by atoms with E-state index in [9.17, 15) is 9.70 Å². The van der Waals surface area contributed by atoms with E-state index < -0.39 is 0 Å². The number of nitrogens with zero attached hydrogens (tertiary/aromatic N) is 4. The van der Waals surface area contributed by atoms with Gasteiger partial charge in [0, 0.05) is 54.5 Å². The van der Waals surface area contributed by atoms with Crippen molar-refractivity contribution in [2.75, 3.05) is 13.1 Å². The van der Waals surface area contributed by atoms with Gasteiger partial charge in [-0.15, -0.1) is 10.0 Å². The molecular weight excluding hydrogens is 404 g/mol. The third-order valence-electron chi connectivity index (χ3n) is 6.52. The Labute approximate surface area is 186 Å². The summed E-state index contributed by atoms with van der Waals surface area (Å²) >= 11 is 0. The number of carbonyl (C=O) groups excluding carboxylic acids is 1. The van der Waals surface area contributed by atoms with E-state index in [2.05, 4.69) is 27.5 Å². The number of amides is 1. The number of nitroso groups, excluding NO2 is 1. The van der Waals surface area contributed by atoms with Crippen LogP contribution in [0, 0.1) is 4.91 Å². The summed E-state index contributed by atoms with van der Waals surface area (Å²) in [5, 5.41) is 6.46. The first-order chi connectivity index (χ1) is 15.7. The Balaban J connectivity index is 1.50. The number of benzene rings is 1. The molecule has 3 heterocycles. The summed E-state index contributed by atoms with van der Waals surface area (Å²) in [4.78, 5) is 27.6. The molecule has 1 saturated heterocycles. The first-order valence-corrected chi connectivity index (χ1v) is 11.0. The van der Waals surface area contributed by atoms with Gasteiger partial charge in [-0.3, -0.25) is 9.78 Å². The Morgan fingerprint density at radius 1 is 1.09 bits per heavy atom. The van der Waals surface area contributed by atoms with Gasteiger partial charge in [-0.2, -0.15) is 0 Å². The number of aromatic nitrogens is 1. The van der Waals surface area contributed by atoms with Crippen LogP contribution >= 0.6 is 0 Å². The number of aryl methyl sites for hydroxylation is 1. The van der Waals surface area contributed by atoms with Crippen LogP contribution in [0.2, 0.25) is 0 Å². The summed E-state index contributed by atoms with van der Waals surface area (Å²) < 4.78 is 6.49. The normalized spacial score (nSPS) is 17.5. The van der Waals surface area contributed by atoms with Crippen LogP contribution in [0.1, 0.15) is 53.2 Å². The maximum Gasteiger partial charge on any atom is 0.209 e. The minimum atomic E-state index is 0.308. The van der Waals surface area contributed by atoms with Crippen LogP contribution in [-0.2, 0) is 17.6 Å². The molecule has 1 aromatic carbocycles. The fourth-order valence-corrected chi connectivity index (χ4v) is 4.80. The minimum absolute atomic E-state index is 0.308. The monoisotopic (exact) mass is 428 g/mol. The second kappa shape index (κ2) is 8.86. The van der Waals surface area contributed by atoms with E-state index in [-0.39, 0.29) is 0 Å². The predicted molar refractivity (Wildman–Crippen MR) is 121 cm³/mol. The van der Waals surface area contributed by atoms with Crippen LogP contribution in [0.5, 0.6) is 0 Å². The molecule has 0 bridgehead atoms. The average molecular weight is 428 g/mol. The lowest BCUT2D eigenvalue weighted by atomic mass is 9.93. The highest BCUT2D eigenvalue weighted by Gasteiger charge is 2.26. The zero-order valence-corrected chi connectivity index (χ0v) is 17.7. The van der Waals surface area contributed by atoms with E-state index in [0.717, 1.165) is 91.1 Å². The van der Waals surface area contributed by atoms with Crippen molar-refractivity contribution in [1.29, 1.82) is 0 Å². The van der Waals surface area contributed by atoms with Crippen molar-refractivity contribution in [1.82, 2.24) is 9.88 Å². The second-order valence-electron chi connectivity index (χ2n) is 8.45. The van der Waals surface area contributed by atoms with Gasteiger partial charge in [-0.25, -0.2) is 0 Å². The van der Waals surface area contributed by atoms with Crippen LogP contribution in [0.4, 0.5) is 0 Å². The standard InChI is InChI=1S/C25H24N4O3/c30-16-29-11-7-18(8-12-29)24-15-21(13-17-5-9-26-10-6-17)25(32-24)20-1-3-22-19(14-20)2-4-23(22)27-28-31/h1,3,5-6,9-10,14-16,18H,2,4,7-8,11-13H2/b27-23-. The zero-order valence-electron chi connectivity index (χ0n) is 17.7. The molecule has 0 spiro atoms. The van der Waals surface area contributed by atoms with Gasteiger partial charge in [0.25, 0.3) is 0 Å². The maximum atomic E-state index is 11.1. The number of furan rings is 1. The fourth-order valence-electron chi connectivity index (χ4n) is 4.80. The molecule has 7 nitrogen and oxygen atoms in total. The van der Waals surface area contributed by atoms with Crippen LogP contribution in [0.3, 0.4) is 0 Å². The van der Waals surface area contributed by atoms with Gasteiger partial charge in [-0.1, -0.05) is 12.1 Å². The Morgan fingerprint density at radius 3 is 2.66 bits per heavy atom. The quantitative estimate of drug-likeness (QED) is 0.324. The molecule has 0 unspecified atom stereocenters. The number of rotatable bonds is 6. The Hall–Kier alpha value is -3.61. The van der Waals surface area contributed by atoms with E-state index in [4.69, 9.17) is 4.42 Å². The van der Waals surface area contributed by atoms with E-state index in [1.54, 1.807) is 0 Å². The molecule has 0 N–H and O–H groups in total. The smallest absolute Gasteiger partial charge is 0.209 e. The second-order valence-corrected chi connectivity index (χ2v) is 8.45. The first kappa shape index (κ1) is 20.3. The first-order valence-electron chi connectivity index (χ1n) is 11.0. The Kier molecular flexibility index (Phi) is 5.62. The molecule has 2 aliphatic rings. The molecule has 0 radical (unpaired) electrons. The summed E-state index contributed by atoms with van der Waals surface area (Å²) in [5.41, 5.74) is 6.27. The molecule has 162 valence electrons. The molecule has 1 amide bonds. The van der Waals surface area contributed by atoms with Crippen molar-refractivity contribution < 1.29 is 9.21 Å². The van der Waals surface area contributed by atoms with Crippen LogP contribution in [0.25, 0.3) is 11.3 Å². The number of pyridine rings is 1. The molecule has 1 aliphatic heterocycles. The van der Waals surface area contributed by atoms with Gasteiger partial charge in [0.1, 0.15) is 11.5 Å². The van der Waals surface area contributed by atoms with E-state index in [0.29, 0.717) is 5.92 Å². The molecule has 3 aromatic rings. The van der Waals surface area contributed by atoms with Gasteiger partial charge < -0.3 is 9.32 Å². The van der Waals surface area contributed by atoms with Gasteiger partial charge in [0.05, 0.1) is 11.0 Å². The van der Waals surface area contributed by atoms with Crippen molar-refractivity contribution in [3.05, 3.63) is 81.7 Å². The number of hydrogen-bond donors (Lipinski definition) is 0. The van der Waals surface area contributed by atoms with Crippen molar-refractivity contribution in [3.8, 4) is 11.3 Å². The largest absolute Gasteiger partial charge is 0.460 e. The average Bonchev–Trinajstić information content (AvgIpc) is 3.44. The lowest BCUT2D eigenvalue weighted by Crippen LogP contribution is -2.31. The summed E-state index contributed by atoms with van der Waals surface area (Å²) in [6.07, 6.45) is 8.69. The van der Waals surface area contributed by atoms with Crippen molar-refractivity contribution in [2.45, 2.75) is 38.0 Å². The topological polar surface area (TPSA) is 88.1 Å². The highest BCUT2D eigenvalue weighted by atomic mass is 16.3. The SMILES string of the molecule is O=CN1CCC(c2cc(Cc3ccncc3)c(-c3ccc4c(c3)CC/C4=N/N=O)o2)CC1. The zero-order chi connectivity index (χ0) is 21.9. The summed E-state index contributed by atoms with van der Waals surface area (Å²) in [6, 6.07) is 12.4. The minimum Gasteiger partial charge on any atom is -0.460 e. The number of fused-ring (bicyclic) bond motifs is 1. The number of hydrogen-bond acceptors (Lipinski definition) is 5. The summed E-state index contributed by atoms with van der Waals surface area (Å²) in [6.45, 7) is 1.52. The van der Waals surface area contributed by atoms with Crippen molar-refractivity contribution in [3.63, 3.8) is 0 Å². The molecule has 1 fully saturated rings. The van der Waals surface area contributed by atoms with E-state index >= 15 is 0 Å². The van der Waals surface area contributed by atoms with E-state index in [1.165, 1.54) is 5.56 Å². The molecule has 5 rings (SSSR count). The highest BCUT2D eigenvalue weighted by Crippen LogP contribution is 2.37. The highest BCUT2D eigenvalue weighted by molar-refractivity contribution is 6.04. The molecule has 7 heteroatoms. The summed E-state index contributed by atoms with van der Waals surface area (Å²) in [5.74, 6) is 2.18. The maximum absolute atomic E-state index is 11.1. The van der Waals surface area contributed by atoms with Crippen molar-refractivity contribution >= 4 is 12.1 Å². The predicted octanol–water partition coefficient (Wildman–Crippen LogP) is 4.68. The van der Waals surface area contributed by atoms with Crippen LogP contribution in [-0.4, -0.2) is 35.1 Å².